The number of aliphatic hydroxyl groups is 1. The van der Waals surface area contributed by atoms with Crippen LogP contribution >= 0.6 is 23.1 Å². The van der Waals surface area contributed by atoms with Crippen molar-refractivity contribution < 1.29 is 19.4 Å². The second-order valence-corrected chi connectivity index (χ2v) is 8.06. The third-order valence-corrected chi connectivity index (χ3v) is 5.86. The van der Waals surface area contributed by atoms with Gasteiger partial charge in [-0.2, -0.15) is 0 Å². The molecule has 0 unspecified atom stereocenters. The first-order chi connectivity index (χ1) is 13.9. The maximum atomic E-state index is 12.7. The van der Waals surface area contributed by atoms with Crippen molar-refractivity contribution in [1.82, 2.24) is 9.55 Å². The van der Waals surface area contributed by atoms with Gasteiger partial charge < -0.3 is 19.9 Å². The number of carbonyl (C=O) groups excluding carboxylic acids is 1. The van der Waals surface area contributed by atoms with E-state index in [1.807, 2.05) is 0 Å². The van der Waals surface area contributed by atoms with Crippen LogP contribution in [0.5, 0.6) is 11.5 Å². The monoisotopic (exact) mass is 435 g/mol. The molecule has 0 aliphatic carbocycles. The summed E-state index contributed by atoms with van der Waals surface area (Å²) >= 11 is 2.44. The van der Waals surface area contributed by atoms with E-state index in [9.17, 15) is 14.7 Å². The second-order valence-electron chi connectivity index (χ2n) is 6.20. The van der Waals surface area contributed by atoms with Gasteiger partial charge in [-0.25, -0.2) is 4.98 Å². The molecule has 29 heavy (non-hydrogen) atoms. The number of anilines is 1. The molecule has 0 saturated carbocycles. The van der Waals surface area contributed by atoms with Gasteiger partial charge in [-0.05, 0) is 30.5 Å². The molecule has 0 bridgehead atoms. The number of benzene rings is 1. The number of hydrogen-bond acceptors (Lipinski definition) is 8. The van der Waals surface area contributed by atoms with Crippen molar-refractivity contribution in [3.8, 4) is 11.5 Å². The molecule has 10 heteroatoms. The van der Waals surface area contributed by atoms with Crippen molar-refractivity contribution >= 4 is 44.9 Å². The molecule has 154 valence electrons. The molecule has 2 heterocycles. The van der Waals surface area contributed by atoms with Crippen LogP contribution in [0.25, 0.3) is 10.2 Å². The van der Waals surface area contributed by atoms with Crippen LogP contribution in [0.4, 0.5) is 5.69 Å². The minimum absolute atomic E-state index is 0.0388. The lowest BCUT2D eigenvalue weighted by Gasteiger charge is -2.14. The van der Waals surface area contributed by atoms with Crippen molar-refractivity contribution in [2.75, 3.05) is 25.3 Å². The molecule has 3 rings (SSSR count). The fourth-order valence-electron chi connectivity index (χ4n) is 2.68. The molecule has 0 aliphatic heterocycles. The first kappa shape index (κ1) is 21.2. The Hall–Kier alpha value is -2.56. The summed E-state index contributed by atoms with van der Waals surface area (Å²) in [4.78, 5) is 29.7. The number of hydrogen-bond donors (Lipinski definition) is 2. The average Bonchev–Trinajstić information content (AvgIpc) is 3.17. The predicted molar refractivity (Wildman–Crippen MR) is 114 cm³/mol. The van der Waals surface area contributed by atoms with E-state index in [1.165, 1.54) is 23.0 Å². The summed E-state index contributed by atoms with van der Waals surface area (Å²) in [6.45, 7) is 1.71. The zero-order chi connectivity index (χ0) is 21.0. The number of fused-ring (bicyclic) bond motifs is 1. The molecule has 3 aromatic rings. The lowest BCUT2D eigenvalue weighted by Crippen LogP contribution is -2.27. The van der Waals surface area contributed by atoms with Crippen molar-refractivity contribution in [3.63, 3.8) is 0 Å². The number of aromatic nitrogens is 2. The van der Waals surface area contributed by atoms with E-state index in [0.717, 1.165) is 11.8 Å². The quantitative estimate of drug-likeness (QED) is 0.414. The Bertz CT molecular complexity index is 1080. The van der Waals surface area contributed by atoms with E-state index < -0.39 is 6.10 Å². The summed E-state index contributed by atoms with van der Waals surface area (Å²) in [6, 6.07) is 6.85. The average molecular weight is 436 g/mol. The standard InChI is InChI=1S/C19H21N3O5S2/c1-11(23)9-22-18(25)17-14(6-7-28-17)21-19(22)29-10-16(24)20-13-5-4-12(26-2)8-15(13)27-3/h4-8,11,23H,9-10H2,1-3H3,(H,20,24)/t11-/m0/s1. The van der Waals surface area contributed by atoms with Gasteiger partial charge in [-0.3, -0.25) is 14.2 Å². The van der Waals surface area contributed by atoms with E-state index >= 15 is 0 Å². The van der Waals surface area contributed by atoms with E-state index in [-0.39, 0.29) is 23.8 Å². The molecular formula is C19H21N3O5S2. The van der Waals surface area contributed by atoms with Crippen molar-refractivity contribution in [2.24, 2.45) is 0 Å². The summed E-state index contributed by atoms with van der Waals surface area (Å²) < 4.78 is 12.4. The number of amides is 1. The third-order valence-electron chi connectivity index (χ3n) is 3.99. The minimum atomic E-state index is -0.719. The predicted octanol–water partition coefficient (Wildman–Crippen LogP) is 2.59. The zero-order valence-corrected chi connectivity index (χ0v) is 17.8. The highest BCUT2D eigenvalue weighted by molar-refractivity contribution is 7.99. The summed E-state index contributed by atoms with van der Waals surface area (Å²) in [5, 5.41) is 14.7. The fraction of sp³-hybridized carbons (Fsp3) is 0.316. The van der Waals surface area contributed by atoms with Crippen LogP contribution in [-0.4, -0.2) is 46.6 Å². The first-order valence-corrected chi connectivity index (χ1v) is 10.6. The number of carbonyl (C=O) groups is 1. The number of thioether (sulfide) groups is 1. The third kappa shape index (κ3) is 4.89. The molecule has 2 N–H and O–H groups in total. The molecule has 0 radical (unpaired) electrons. The molecule has 0 fully saturated rings. The number of methoxy groups -OCH3 is 2. The number of thiophene rings is 1. The molecular weight excluding hydrogens is 414 g/mol. The highest BCUT2D eigenvalue weighted by Crippen LogP contribution is 2.29. The topological polar surface area (TPSA) is 103 Å². The van der Waals surface area contributed by atoms with Crippen LogP contribution < -0.4 is 20.3 Å². The summed E-state index contributed by atoms with van der Waals surface area (Å²) in [6.07, 6.45) is -0.719. The number of aliphatic hydroxyl groups excluding tert-OH is 1. The van der Waals surface area contributed by atoms with Crippen molar-refractivity contribution in [3.05, 3.63) is 40.0 Å². The van der Waals surface area contributed by atoms with Gasteiger partial charge in [0.2, 0.25) is 5.91 Å². The van der Waals surface area contributed by atoms with Crippen molar-refractivity contribution in [2.45, 2.75) is 24.7 Å². The first-order valence-electron chi connectivity index (χ1n) is 8.73. The van der Waals surface area contributed by atoms with Crippen LogP contribution in [0.1, 0.15) is 6.92 Å². The van der Waals surface area contributed by atoms with Crippen molar-refractivity contribution in [1.29, 1.82) is 0 Å². The highest BCUT2D eigenvalue weighted by Gasteiger charge is 2.16. The van der Waals surface area contributed by atoms with E-state index in [1.54, 1.807) is 43.7 Å². The molecule has 1 atom stereocenters. The largest absolute Gasteiger partial charge is 0.497 e. The molecule has 8 nitrogen and oxygen atoms in total. The molecule has 0 aliphatic rings. The van der Waals surface area contributed by atoms with E-state index in [4.69, 9.17) is 9.47 Å². The van der Waals surface area contributed by atoms with Gasteiger partial charge in [-0.1, -0.05) is 11.8 Å². The van der Waals surface area contributed by atoms with Gasteiger partial charge in [-0.15, -0.1) is 11.3 Å². The van der Waals surface area contributed by atoms with Crippen LogP contribution in [0.3, 0.4) is 0 Å². The SMILES string of the molecule is COc1ccc(NC(=O)CSc2nc3ccsc3c(=O)n2C[C@H](C)O)c(OC)c1. The molecule has 1 amide bonds. The summed E-state index contributed by atoms with van der Waals surface area (Å²) in [5.41, 5.74) is 0.883. The molecule has 0 spiro atoms. The van der Waals surface area contributed by atoms with Gasteiger partial charge in [0.25, 0.3) is 5.56 Å². The Kier molecular flexibility index (Phi) is 6.78. The van der Waals surface area contributed by atoms with Gasteiger partial charge in [0.05, 0.1) is 43.8 Å². The van der Waals surface area contributed by atoms with Gasteiger partial charge in [0.1, 0.15) is 16.2 Å². The van der Waals surface area contributed by atoms with Crippen LogP contribution in [0, 0.1) is 0 Å². The smallest absolute Gasteiger partial charge is 0.272 e. The lowest BCUT2D eigenvalue weighted by molar-refractivity contribution is -0.113. The second kappa shape index (κ2) is 9.29. The Morgan fingerprint density at radius 3 is 2.83 bits per heavy atom. The Morgan fingerprint density at radius 2 is 2.14 bits per heavy atom. The molecule has 1 aromatic carbocycles. The summed E-state index contributed by atoms with van der Waals surface area (Å²) in [5.74, 6) is 0.856. The zero-order valence-electron chi connectivity index (χ0n) is 16.2. The molecule has 0 saturated heterocycles. The van der Waals surface area contributed by atoms with E-state index in [0.29, 0.717) is 32.6 Å². The molecule has 2 aromatic heterocycles. The fourth-order valence-corrected chi connectivity index (χ4v) is 4.26. The van der Waals surface area contributed by atoms with Gasteiger partial charge >= 0.3 is 0 Å². The van der Waals surface area contributed by atoms with E-state index in [2.05, 4.69) is 10.3 Å². The van der Waals surface area contributed by atoms with Crippen LogP contribution in [0.2, 0.25) is 0 Å². The van der Waals surface area contributed by atoms with Crippen LogP contribution in [0.15, 0.2) is 39.6 Å². The number of nitrogens with zero attached hydrogens (tertiary/aromatic N) is 2. The lowest BCUT2D eigenvalue weighted by atomic mass is 10.2. The number of rotatable bonds is 8. The maximum Gasteiger partial charge on any atom is 0.272 e. The Morgan fingerprint density at radius 1 is 1.34 bits per heavy atom. The van der Waals surface area contributed by atoms with Gasteiger partial charge in [0.15, 0.2) is 5.16 Å². The maximum absolute atomic E-state index is 12.7. The Balaban J connectivity index is 1.78. The van der Waals surface area contributed by atoms with Crippen LogP contribution in [-0.2, 0) is 11.3 Å². The minimum Gasteiger partial charge on any atom is -0.497 e. The normalized spacial score (nSPS) is 12.0. The Labute approximate surface area is 175 Å². The number of ether oxygens (including phenoxy) is 2. The number of nitrogens with one attached hydrogen (secondary N) is 1. The summed E-state index contributed by atoms with van der Waals surface area (Å²) in [7, 11) is 3.06. The highest BCUT2D eigenvalue weighted by atomic mass is 32.2. The van der Waals surface area contributed by atoms with Gasteiger partial charge in [0, 0.05) is 6.07 Å².